The van der Waals surface area contributed by atoms with Crippen LogP contribution in [0.15, 0.2) is 23.1 Å². The lowest BCUT2D eigenvalue weighted by Crippen LogP contribution is -2.27. The summed E-state index contributed by atoms with van der Waals surface area (Å²) in [5.74, 6) is 0. The van der Waals surface area contributed by atoms with Crippen molar-refractivity contribution in [2.45, 2.75) is 30.2 Å². The molecule has 1 aromatic carbocycles. The van der Waals surface area contributed by atoms with Gasteiger partial charge in [-0.3, -0.25) is 10.1 Å². The molecule has 7 heteroatoms. The lowest BCUT2D eigenvalue weighted by molar-refractivity contribution is -0.386. The molecule has 0 aromatic heterocycles. The summed E-state index contributed by atoms with van der Waals surface area (Å²) in [6.07, 6.45) is 3.99. The SMILES string of the molecule is CS(=O)(=O)c1cccc(NC2CCC2)c1[N+](=O)[O-]. The number of nitro groups is 1. The van der Waals surface area contributed by atoms with Gasteiger partial charge in [0, 0.05) is 12.3 Å². The summed E-state index contributed by atoms with van der Waals surface area (Å²) in [6.45, 7) is 0. The lowest BCUT2D eigenvalue weighted by Gasteiger charge is -2.27. The number of sulfone groups is 1. The van der Waals surface area contributed by atoms with E-state index < -0.39 is 14.8 Å². The molecule has 2 rings (SSSR count). The second kappa shape index (κ2) is 4.56. The molecule has 0 aliphatic heterocycles. The maximum Gasteiger partial charge on any atom is 0.310 e. The topological polar surface area (TPSA) is 89.3 Å². The Bertz CT molecular complexity index is 579. The summed E-state index contributed by atoms with van der Waals surface area (Å²) >= 11 is 0. The van der Waals surface area contributed by atoms with Gasteiger partial charge in [-0.25, -0.2) is 8.42 Å². The second-order valence-electron chi connectivity index (χ2n) is 4.45. The molecular weight excluding hydrogens is 256 g/mol. The zero-order valence-corrected chi connectivity index (χ0v) is 10.7. The highest BCUT2D eigenvalue weighted by molar-refractivity contribution is 7.90. The third-order valence-corrected chi connectivity index (χ3v) is 4.17. The van der Waals surface area contributed by atoms with Gasteiger partial charge in [0.2, 0.25) is 0 Å². The van der Waals surface area contributed by atoms with Gasteiger partial charge in [0.1, 0.15) is 10.6 Å². The van der Waals surface area contributed by atoms with Gasteiger partial charge in [0.25, 0.3) is 0 Å². The number of para-hydroxylation sites is 1. The molecule has 0 unspecified atom stereocenters. The molecular formula is C11H14N2O4S. The fourth-order valence-corrected chi connectivity index (χ4v) is 2.76. The van der Waals surface area contributed by atoms with Crippen LogP contribution in [0.2, 0.25) is 0 Å². The van der Waals surface area contributed by atoms with Crippen molar-refractivity contribution in [3.05, 3.63) is 28.3 Å². The minimum Gasteiger partial charge on any atom is -0.377 e. The molecule has 0 radical (unpaired) electrons. The number of hydrogen-bond acceptors (Lipinski definition) is 5. The Balaban J connectivity index is 2.48. The van der Waals surface area contributed by atoms with E-state index in [1.54, 1.807) is 6.07 Å². The Morgan fingerprint density at radius 3 is 2.50 bits per heavy atom. The molecule has 1 aliphatic carbocycles. The van der Waals surface area contributed by atoms with Crippen LogP contribution in [-0.2, 0) is 9.84 Å². The summed E-state index contributed by atoms with van der Waals surface area (Å²) in [5, 5.41) is 14.1. The highest BCUT2D eigenvalue weighted by Gasteiger charge is 2.28. The summed E-state index contributed by atoms with van der Waals surface area (Å²) in [5.41, 5.74) is -0.0699. The molecule has 18 heavy (non-hydrogen) atoms. The molecule has 1 aliphatic rings. The van der Waals surface area contributed by atoms with Gasteiger partial charge in [-0.15, -0.1) is 0 Å². The van der Waals surface area contributed by atoms with Crippen LogP contribution in [0.1, 0.15) is 19.3 Å². The van der Waals surface area contributed by atoms with Crippen LogP contribution in [0.4, 0.5) is 11.4 Å². The first-order valence-corrected chi connectivity index (χ1v) is 7.53. The van der Waals surface area contributed by atoms with Gasteiger partial charge in [-0.05, 0) is 31.4 Å². The van der Waals surface area contributed by atoms with Gasteiger partial charge in [0.05, 0.1) is 4.92 Å². The van der Waals surface area contributed by atoms with Crippen LogP contribution < -0.4 is 5.32 Å². The molecule has 0 bridgehead atoms. The molecule has 1 fully saturated rings. The number of rotatable bonds is 4. The summed E-state index contributed by atoms with van der Waals surface area (Å²) < 4.78 is 23.1. The maximum atomic E-state index is 11.5. The van der Waals surface area contributed by atoms with Crippen LogP contribution in [0, 0.1) is 10.1 Å². The molecule has 98 valence electrons. The molecule has 0 amide bonds. The molecule has 1 N–H and O–H groups in total. The van der Waals surface area contributed by atoms with Crippen molar-refractivity contribution in [3.63, 3.8) is 0 Å². The second-order valence-corrected chi connectivity index (χ2v) is 6.44. The predicted octanol–water partition coefficient (Wildman–Crippen LogP) is 1.96. The number of nitrogens with zero attached hydrogens (tertiary/aromatic N) is 1. The Hall–Kier alpha value is -1.63. The molecule has 0 heterocycles. The summed E-state index contributed by atoms with van der Waals surface area (Å²) in [6, 6.07) is 4.54. The summed E-state index contributed by atoms with van der Waals surface area (Å²) in [7, 11) is -3.61. The quantitative estimate of drug-likeness (QED) is 0.667. The first-order valence-electron chi connectivity index (χ1n) is 5.63. The van der Waals surface area contributed by atoms with Crippen LogP contribution in [0.5, 0.6) is 0 Å². The molecule has 6 nitrogen and oxygen atoms in total. The molecule has 1 aromatic rings. The van der Waals surface area contributed by atoms with Gasteiger partial charge in [-0.2, -0.15) is 0 Å². The van der Waals surface area contributed by atoms with E-state index in [4.69, 9.17) is 0 Å². The van der Waals surface area contributed by atoms with Crippen molar-refractivity contribution in [2.24, 2.45) is 0 Å². The number of benzene rings is 1. The first kappa shape index (κ1) is 12.8. The smallest absolute Gasteiger partial charge is 0.310 e. The zero-order chi connectivity index (χ0) is 13.3. The van der Waals surface area contributed by atoms with Crippen LogP contribution in [0.25, 0.3) is 0 Å². The summed E-state index contributed by atoms with van der Waals surface area (Å²) in [4.78, 5) is 10.2. The normalized spacial score (nSPS) is 16.1. The fourth-order valence-electron chi connectivity index (χ4n) is 1.90. The number of hydrogen-bond donors (Lipinski definition) is 1. The Labute approximate surface area is 105 Å². The highest BCUT2D eigenvalue weighted by Crippen LogP contribution is 2.34. The number of anilines is 1. The van der Waals surface area contributed by atoms with E-state index in [0.29, 0.717) is 0 Å². The van der Waals surface area contributed by atoms with E-state index in [9.17, 15) is 18.5 Å². The Morgan fingerprint density at radius 1 is 1.39 bits per heavy atom. The monoisotopic (exact) mass is 270 g/mol. The van der Waals surface area contributed by atoms with Crippen molar-refractivity contribution in [1.82, 2.24) is 0 Å². The van der Waals surface area contributed by atoms with E-state index in [1.807, 2.05) is 0 Å². The third kappa shape index (κ3) is 2.45. The van der Waals surface area contributed by atoms with Crippen LogP contribution in [-0.4, -0.2) is 25.6 Å². The Morgan fingerprint density at radius 2 is 2.06 bits per heavy atom. The molecule has 0 spiro atoms. The maximum absolute atomic E-state index is 11.5. The molecule has 0 atom stereocenters. The van der Waals surface area contributed by atoms with Gasteiger partial charge < -0.3 is 5.32 Å². The van der Waals surface area contributed by atoms with E-state index in [2.05, 4.69) is 5.32 Å². The zero-order valence-electron chi connectivity index (χ0n) is 9.92. The van der Waals surface area contributed by atoms with Gasteiger partial charge in [-0.1, -0.05) is 6.07 Å². The van der Waals surface area contributed by atoms with Gasteiger partial charge >= 0.3 is 5.69 Å². The third-order valence-electron chi connectivity index (χ3n) is 3.05. The van der Waals surface area contributed by atoms with Gasteiger partial charge in [0.15, 0.2) is 9.84 Å². The molecule has 0 saturated heterocycles. The van der Waals surface area contributed by atoms with E-state index >= 15 is 0 Å². The van der Waals surface area contributed by atoms with E-state index in [-0.39, 0.29) is 22.3 Å². The average Bonchev–Trinajstić information content (AvgIpc) is 2.21. The fraction of sp³-hybridized carbons (Fsp3) is 0.455. The van der Waals surface area contributed by atoms with Crippen LogP contribution in [0.3, 0.4) is 0 Å². The molecule has 1 saturated carbocycles. The minimum atomic E-state index is -3.61. The number of nitro benzene ring substituents is 1. The van der Waals surface area contributed by atoms with Crippen molar-refractivity contribution >= 4 is 21.2 Å². The standard InChI is InChI=1S/C11H14N2O4S/c1-18(16,17)10-7-3-6-9(11(10)13(14)15)12-8-4-2-5-8/h3,6-8,12H,2,4-5H2,1H3. The average molecular weight is 270 g/mol. The van der Waals surface area contributed by atoms with Crippen molar-refractivity contribution in [1.29, 1.82) is 0 Å². The van der Waals surface area contributed by atoms with Crippen LogP contribution >= 0.6 is 0 Å². The lowest BCUT2D eigenvalue weighted by atomic mass is 9.93. The van der Waals surface area contributed by atoms with Crippen molar-refractivity contribution in [3.8, 4) is 0 Å². The highest BCUT2D eigenvalue weighted by atomic mass is 32.2. The van der Waals surface area contributed by atoms with E-state index in [1.165, 1.54) is 12.1 Å². The number of nitrogens with one attached hydrogen (secondary N) is 1. The Kier molecular flexibility index (Phi) is 3.25. The largest absolute Gasteiger partial charge is 0.377 e. The van der Waals surface area contributed by atoms with Crippen molar-refractivity contribution in [2.75, 3.05) is 11.6 Å². The first-order chi connectivity index (χ1) is 8.39. The minimum absolute atomic E-state index is 0.207. The van der Waals surface area contributed by atoms with Crippen molar-refractivity contribution < 1.29 is 13.3 Å². The predicted molar refractivity (Wildman–Crippen MR) is 67.5 cm³/mol. The van der Waals surface area contributed by atoms with E-state index in [0.717, 1.165) is 25.5 Å².